The summed E-state index contributed by atoms with van der Waals surface area (Å²) in [5.74, 6) is -3.07. The van der Waals surface area contributed by atoms with Crippen LogP contribution in [0.1, 0.15) is 38.8 Å². The van der Waals surface area contributed by atoms with Crippen LogP contribution in [0.5, 0.6) is 0 Å². The minimum atomic E-state index is -1.80. The van der Waals surface area contributed by atoms with Crippen LogP contribution in [0.4, 0.5) is 0 Å². The largest absolute Gasteiger partial charge is 0.479 e. The molecule has 0 aliphatic heterocycles. The molecule has 7 nitrogen and oxygen atoms in total. The maximum absolute atomic E-state index is 13.0. The van der Waals surface area contributed by atoms with E-state index in [1.54, 1.807) is 60.7 Å². The molecule has 0 aliphatic rings. The van der Waals surface area contributed by atoms with Gasteiger partial charge in [-0.2, -0.15) is 0 Å². The van der Waals surface area contributed by atoms with Crippen LogP contribution in [0.3, 0.4) is 0 Å². The van der Waals surface area contributed by atoms with Crippen LogP contribution in [0, 0.1) is 0 Å². The second-order valence-corrected chi connectivity index (χ2v) is 7.63. The fourth-order valence-electron chi connectivity index (χ4n) is 3.71. The van der Waals surface area contributed by atoms with E-state index in [0.717, 1.165) is 11.1 Å². The lowest BCUT2D eigenvalue weighted by Gasteiger charge is -2.22. The van der Waals surface area contributed by atoms with Gasteiger partial charge in [0.05, 0.1) is 11.6 Å². The van der Waals surface area contributed by atoms with Gasteiger partial charge in [0, 0.05) is 5.56 Å². The van der Waals surface area contributed by atoms with Gasteiger partial charge in [0.1, 0.15) is 0 Å². The zero-order valence-electron chi connectivity index (χ0n) is 18.1. The molecule has 3 rings (SSSR count). The highest BCUT2D eigenvalue weighted by molar-refractivity contribution is 5.99. The van der Waals surface area contributed by atoms with E-state index in [4.69, 9.17) is 0 Å². The summed E-state index contributed by atoms with van der Waals surface area (Å²) in [4.78, 5) is 36.2. The lowest BCUT2D eigenvalue weighted by atomic mass is 9.92. The number of nitrogens with one attached hydrogen (secondary N) is 1. The minimum Gasteiger partial charge on any atom is -0.479 e. The van der Waals surface area contributed by atoms with E-state index in [0.29, 0.717) is 17.5 Å². The summed E-state index contributed by atoms with van der Waals surface area (Å²) >= 11 is 0. The number of carbonyl (C=O) groups excluding carboxylic acids is 1. The number of aliphatic hydroxyl groups excluding tert-OH is 1. The molecule has 0 saturated carbocycles. The molecule has 3 aromatic carbocycles. The smallest absolute Gasteiger partial charge is 0.336 e. The molecule has 0 unspecified atom stereocenters. The molecule has 7 heteroatoms. The summed E-state index contributed by atoms with van der Waals surface area (Å²) in [6.45, 7) is 1.93. The third-order valence-corrected chi connectivity index (χ3v) is 5.45. The van der Waals surface area contributed by atoms with Crippen molar-refractivity contribution < 1.29 is 29.7 Å². The Morgan fingerprint density at radius 2 is 1.55 bits per heavy atom. The van der Waals surface area contributed by atoms with Crippen LogP contribution < -0.4 is 5.32 Å². The van der Waals surface area contributed by atoms with Gasteiger partial charge in [-0.15, -0.1) is 0 Å². The van der Waals surface area contributed by atoms with Crippen molar-refractivity contribution in [1.29, 1.82) is 0 Å². The van der Waals surface area contributed by atoms with Crippen molar-refractivity contribution in [3.63, 3.8) is 0 Å². The highest BCUT2D eigenvalue weighted by Crippen LogP contribution is 2.29. The number of aromatic carboxylic acids is 1. The first-order valence-electron chi connectivity index (χ1n) is 10.5. The van der Waals surface area contributed by atoms with E-state index in [9.17, 15) is 29.7 Å². The normalized spacial score (nSPS) is 12.5. The zero-order valence-corrected chi connectivity index (χ0v) is 18.1. The Bertz CT molecular complexity index is 1160. The highest BCUT2D eigenvalue weighted by atomic mass is 16.4. The SMILES string of the molecule is CCc1ccc(C(=O)N[C@H](Cc2ccccc2)[C@@H](O)C(=O)O)cc1-c1ccccc1C(=O)O. The van der Waals surface area contributed by atoms with Crippen LogP contribution in [0.25, 0.3) is 11.1 Å². The number of aliphatic carboxylic acids is 1. The number of hydrogen-bond acceptors (Lipinski definition) is 4. The maximum Gasteiger partial charge on any atom is 0.336 e. The second kappa shape index (κ2) is 10.6. The lowest BCUT2D eigenvalue weighted by Crippen LogP contribution is -2.48. The maximum atomic E-state index is 13.0. The van der Waals surface area contributed by atoms with Gasteiger partial charge in [0.25, 0.3) is 5.91 Å². The average molecular weight is 447 g/mol. The van der Waals surface area contributed by atoms with E-state index >= 15 is 0 Å². The van der Waals surface area contributed by atoms with Crippen molar-refractivity contribution in [3.8, 4) is 11.1 Å². The standard InChI is InChI=1S/C26H25NO6/c1-2-17-12-13-18(15-21(17)19-10-6-7-11-20(19)25(30)31)24(29)27-22(23(28)26(32)33)14-16-8-4-3-5-9-16/h3-13,15,22-23,28H,2,14H2,1H3,(H,27,29)(H,30,31)(H,32,33)/t22-,23-/m1/s1. The summed E-state index contributed by atoms with van der Waals surface area (Å²) < 4.78 is 0. The van der Waals surface area contributed by atoms with Crippen molar-refractivity contribution in [2.75, 3.05) is 0 Å². The molecule has 0 fully saturated rings. The van der Waals surface area contributed by atoms with Crippen molar-refractivity contribution in [2.24, 2.45) is 0 Å². The van der Waals surface area contributed by atoms with Crippen molar-refractivity contribution in [1.82, 2.24) is 5.32 Å². The van der Waals surface area contributed by atoms with Crippen LogP contribution in [-0.2, 0) is 17.6 Å². The summed E-state index contributed by atoms with van der Waals surface area (Å²) in [7, 11) is 0. The molecule has 1 amide bonds. The van der Waals surface area contributed by atoms with E-state index in [-0.39, 0.29) is 17.5 Å². The fourth-order valence-corrected chi connectivity index (χ4v) is 3.71. The molecule has 170 valence electrons. The monoisotopic (exact) mass is 447 g/mol. The van der Waals surface area contributed by atoms with Gasteiger partial charge in [0.2, 0.25) is 0 Å². The Labute approximate surface area is 191 Å². The molecule has 0 saturated heterocycles. The van der Waals surface area contributed by atoms with Crippen molar-refractivity contribution >= 4 is 17.8 Å². The number of aryl methyl sites for hydroxylation is 1. The van der Waals surface area contributed by atoms with Crippen molar-refractivity contribution in [2.45, 2.75) is 31.9 Å². The summed E-state index contributed by atoms with van der Waals surface area (Å²) in [6.07, 6.45) is -1.04. The van der Waals surface area contributed by atoms with Crippen molar-refractivity contribution in [3.05, 3.63) is 95.1 Å². The van der Waals surface area contributed by atoms with Gasteiger partial charge in [-0.25, -0.2) is 9.59 Å². The first-order valence-corrected chi connectivity index (χ1v) is 10.5. The van der Waals surface area contributed by atoms with Crippen LogP contribution in [0.15, 0.2) is 72.8 Å². The predicted octanol–water partition coefficient (Wildman–Crippen LogP) is 3.40. The predicted molar refractivity (Wildman–Crippen MR) is 123 cm³/mol. The molecule has 4 N–H and O–H groups in total. The number of carboxylic acid groups (broad SMARTS) is 2. The van der Waals surface area contributed by atoms with Gasteiger partial charge in [-0.3, -0.25) is 4.79 Å². The molecule has 0 heterocycles. The number of hydrogen-bond donors (Lipinski definition) is 4. The van der Waals surface area contributed by atoms with Crippen LogP contribution in [0.2, 0.25) is 0 Å². The quantitative estimate of drug-likeness (QED) is 0.399. The molecule has 2 atom stereocenters. The number of benzene rings is 3. The molecule has 0 aromatic heterocycles. The number of amides is 1. The van der Waals surface area contributed by atoms with Gasteiger partial charge in [-0.1, -0.05) is 61.5 Å². The molecule has 0 aliphatic carbocycles. The summed E-state index contributed by atoms with van der Waals surface area (Å²) in [6, 6.07) is 19.4. The number of carboxylic acids is 2. The molecule has 0 bridgehead atoms. The Hall–Kier alpha value is -3.97. The molecule has 33 heavy (non-hydrogen) atoms. The Balaban J connectivity index is 1.95. The van der Waals surface area contributed by atoms with Gasteiger partial charge < -0.3 is 20.6 Å². The Morgan fingerprint density at radius 3 is 2.18 bits per heavy atom. The third-order valence-electron chi connectivity index (χ3n) is 5.45. The number of carbonyl (C=O) groups is 3. The second-order valence-electron chi connectivity index (χ2n) is 7.63. The van der Waals surface area contributed by atoms with Gasteiger partial charge in [-0.05, 0) is 53.3 Å². The molecule has 0 radical (unpaired) electrons. The van der Waals surface area contributed by atoms with E-state index < -0.39 is 30.0 Å². The number of rotatable bonds is 9. The highest BCUT2D eigenvalue weighted by Gasteiger charge is 2.28. The molecular formula is C26H25NO6. The fraction of sp³-hybridized carbons (Fsp3) is 0.192. The first-order chi connectivity index (χ1) is 15.8. The Morgan fingerprint density at radius 1 is 0.879 bits per heavy atom. The summed E-state index contributed by atoms with van der Waals surface area (Å²) in [5.41, 5.74) is 3.09. The average Bonchev–Trinajstić information content (AvgIpc) is 2.83. The van der Waals surface area contributed by atoms with E-state index in [2.05, 4.69) is 5.32 Å². The van der Waals surface area contributed by atoms with E-state index in [1.807, 2.05) is 13.0 Å². The topological polar surface area (TPSA) is 124 Å². The van der Waals surface area contributed by atoms with Crippen LogP contribution in [-0.4, -0.2) is 45.3 Å². The molecular weight excluding hydrogens is 422 g/mol. The zero-order chi connectivity index (χ0) is 24.0. The third kappa shape index (κ3) is 5.64. The Kier molecular flexibility index (Phi) is 7.58. The van der Waals surface area contributed by atoms with Gasteiger partial charge in [0.15, 0.2) is 6.10 Å². The van der Waals surface area contributed by atoms with E-state index in [1.165, 1.54) is 6.07 Å². The number of aliphatic hydroxyl groups is 1. The van der Waals surface area contributed by atoms with Gasteiger partial charge >= 0.3 is 11.9 Å². The minimum absolute atomic E-state index is 0.119. The van der Waals surface area contributed by atoms with Crippen LogP contribution >= 0.6 is 0 Å². The lowest BCUT2D eigenvalue weighted by molar-refractivity contribution is -0.148. The summed E-state index contributed by atoms with van der Waals surface area (Å²) in [5, 5.41) is 31.7. The first kappa shape index (κ1) is 23.7. The molecule has 3 aromatic rings. The molecule has 0 spiro atoms.